The summed E-state index contributed by atoms with van der Waals surface area (Å²) < 4.78 is 5.77. The highest BCUT2D eigenvalue weighted by atomic mass is 16.5. The summed E-state index contributed by atoms with van der Waals surface area (Å²) in [6.45, 7) is 6.94. The molecule has 1 aromatic heterocycles. The summed E-state index contributed by atoms with van der Waals surface area (Å²) in [6.07, 6.45) is 11.4. The molecule has 1 N–H and O–H groups in total. The standard InChI is InChI=1S/C16H25N3O/c1-3-8-17-9-15-10-19-16(11-18-15)20-12-14-7-5-4-6-13(14)2/h4-5,10-11,13-14,17H,3,6-9,12H2,1-2H3. The van der Waals surface area contributed by atoms with Crippen molar-refractivity contribution >= 4 is 0 Å². The molecule has 2 unspecified atom stereocenters. The van der Waals surface area contributed by atoms with Gasteiger partial charge in [-0.15, -0.1) is 0 Å². The first-order valence-electron chi connectivity index (χ1n) is 7.59. The quantitative estimate of drug-likeness (QED) is 0.614. The predicted octanol–water partition coefficient (Wildman–Crippen LogP) is 2.96. The highest BCUT2D eigenvalue weighted by molar-refractivity contribution is 5.07. The normalized spacial score (nSPS) is 21.9. The summed E-state index contributed by atoms with van der Waals surface area (Å²) in [5.74, 6) is 1.91. The minimum Gasteiger partial charge on any atom is -0.476 e. The van der Waals surface area contributed by atoms with Gasteiger partial charge in [-0.05, 0) is 37.6 Å². The first-order chi connectivity index (χ1) is 9.79. The number of hydrogen-bond donors (Lipinski definition) is 1. The molecular weight excluding hydrogens is 250 g/mol. The third kappa shape index (κ3) is 4.60. The van der Waals surface area contributed by atoms with E-state index in [4.69, 9.17) is 4.74 Å². The van der Waals surface area contributed by atoms with Crippen molar-refractivity contribution in [1.29, 1.82) is 0 Å². The van der Waals surface area contributed by atoms with E-state index < -0.39 is 0 Å². The lowest BCUT2D eigenvalue weighted by atomic mass is 9.85. The zero-order valence-corrected chi connectivity index (χ0v) is 12.5. The van der Waals surface area contributed by atoms with Crippen molar-refractivity contribution in [2.24, 2.45) is 11.8 Å². The van der Waals surface area contributed by atoms with Crippen LogP contribution in [0.5, 0.6) is 5.88 Å². The highest BCUT2D eigenvalue weighted by Crippen LogP contribution is 2.25. The minimum absolute atomic E-state index is 0.590. The zero-order chi connectivity index (χ0) is 14.2. The van der Waals surface area contributed by atoms with Gasteiger partial charge < -0.3 is 10.1 Å². The largest absolute Gasteiger partial charge is 0.476 e. The van der Waals surface area contributed by atoms with E-state index in [9.17, 15) is 0 Å². The van der Waals surface area contributed by atoms with Crippen LogP contribution in [0, 0.1) is 11.8 Å². The number of allylic oxidation sites excluding steroid dienone is 2. The minimum atomic E-state index is 0.590. The van der Waals surface area contributed by atoms with Crippen molar-refractivity contribution in [1.82, 2.24) is 15.3 Å². The van der Waals surface area contributed by atoms with Gasteiger partial charge in [0.1, 0.15) is 0 Å². The molecule has 0 bridgehead atoms. The van der Waals surface area contributed by atoms with Gasteiger partial charge in [0.2, 0.25) is 5.88 Å². The lowest BCUT2D eigenvalue weighted by Crippen LogP contribution is -2.21. The van der Waals surface area contributed by atoms with Crippen LogP contribution in [0.2, 0.25) is 0 Å². The van der Waals surface area contributed by atoms with Crippen LogP contribution in [0.3, 0.4) is 0 Å². The van der Waals surface area contributed by atoms with Crippen LogP contribution >= 0.6 is 0 Å². The molecule has 1 heterocycles. The van der Waals surface area contributed by atoms with Gasteiger partial charge in [-0.3, -0.25) is 4.98 Å². The number of nitrogens with one attached hydrogen (secondary N) is 1. The van der Waals surface area contributed by atoms with Gasteiger partial charge in [0.25, 0.3) is 0 Å². The van der Waals surface area contributed by atoms with Crippen LogP contribution in [-0.4, -0.2) is 23.1 Å². The second kappa shape index (κ2) is 8.00. The Labute approximate surface area is 121 Å². The summed E-state index contributed by atoms with van der Waals surface area (Å²) >= 11 is 0. The third-order valence-corrected chi connectivity index (χ3v) is 3.78. The summed E-state index contributed by atoms with van der Waals surface area (Å²) in [4.78, 5) is 8.69. The topological polar surface area (TPSA) is 47.0 Å². The van der Waals surface area contributed by atoms with Gasteiger partial charge >= 0.3 is 0 Å². The maximum absolute atomic E-state index is 5.77. The van der Waals surface area contributed by atoms with Crippen LogP contribution in [-0.2, 0) is 6.54 Å². The Morgan fingerprint density at radius 2 is 2.10 bits per heavy atom. The van der Waals surface area contributed by atoms with Crippen molar-refractivity contribution in [2.45, 2.75) is 39.7 Å². The maximum Gasteiger partial charge on any atom is 0.232 e. The molecule has 0 aliphatic heterocycles. The zero-order valence-electron chi connectivity index (χ0n) is 12.5. The summed E-state index contributed by atoms with van der Waals surface area (Å²) in [7, 11) is 0. The molecule has 0 saturated heterocycles. The molecule has 0 radical (unpaired) electrons. The summed E-state index contributed by atoms with van der Waals surface area (Å²) in [5.41, 5.74) is 0.958. The fourth-order valence-electron chi connectivity index (χ4n) is 2.33. The first kappa shape index (κ1) is 15.0. The van der Waals surface area contributed by atoms with Crippen LogP contribution in [0.25, 0.3) is 0 Å². The average Bonchev–Trinajstić information content (AvgIpc) is 2.48. The molecule has 2 atom stereocenters. The Morgan fingerprint density at radius 1 is 1.25 bits per heavy atom. The van der Waals surface area contributed by atoms with Crippen molar-refractivity contribution in [3.8, 4) is 5.88 Å². The van der Waals surface area contributed by atoms with Crippen molar-refractivity contribution < 1.29 is 4.74 Å². The van der Waals surface area contributed by atoms with E-state index in [1.54, 1.807) is 12.4 Å². The maximum atomic E-state index is 5.77. The van der Waals surface area contributed by atoms with E-state index in [1.165, 1.54) is 0 Å². The van der Waals surface area contributed by atoms with Crippen LogP contribution in [0.1, 0.15) is 38.8 Å². The lowest BCUT2D eigenvalue weighted by Gasteiger charge is -2.24. The van der Waals surface area contributed by atoms with E-state index in [1.807, 2.05) is 0 Å². The molecule has 20 heavy (non-hydrogen) atoms. The molecule has 0 aromatic carbocycles. The fourth-order valence-corrected chi connectivity index (χ4v) is 2.33. The average molecular weight is 275 g/mol. The van der Waals surface area contributed by atoms with E-state index in [2.05, 4.69) is 41.3 Å². The van der Waals surface area contributed by atoms with Crippen LogP contribution in [0.15, 0.2) is 24.5 Å². The van der Waals surface area contributed by atoms with Crippen molar-refractivity contribution in [3.05, 3.63) is 30.2 Å². The van der Waals surface area contributed by atoms with Gasteiger partial charge in [-0.1, -0.05) is 26.0 Å². The Hall–Kier alpha value is -1.42. The monoisotopic (exact) mass is 275 g/mol. The molecule has 1 aliphatic carbocycles. The second-order valence-electron chi connectivity index (χ2n) is 5.51. The van der Waals surface area contributed by atoms with Crippen molar-refractivity contribution in [2.75, 3.05) is 13.2 Å². The molecule has 2 rings (SSSR count). The number of aromatic nitrogens is 2. The fraction of sp³-hybridized carbons (Fsp3) is 0.625. The Bertz CT molecular complexity index is 416. The predicted molar refractivity (Wildman–Crippen MR) is 80.6 cm³/mol. The van der Waals surface area contributed by atoms with Gasteiger partial charge in [0, 0.05) is 6.54 Å². The lowest BCUT2D eigenvalue weighted by molar-refractivity contribution is 0.192. The molecule has 0 saturated carbocycles. The molecule has 0 fully saturated rings. The van der Waals surface area contributed by atoms with E-state index in [-0.39, 0.29) is 0 Å². The van der Waals surface area contributed by atoms with E-state index >= 15 is 0 Å². The number of hydrogen-bond acceptors (Lipinski definition) is 4. The molecular formula is C16H25N3O. The number of nitrogens with zero attached hydrogens (tertiary/aromatic N) is 2. The molecule has 110 valence electrons. The second-order valence-corrected chi connectivity index (χ2v) is 5.51. The molecule has 4 heteroatoms. The van der Waals surface area contributed by atoms with Gasteiger partial charge in [-0.25, -0.2) is 4.98 Å². The molecule has 0 amide bonds. The summed E-state index contributed by atoms with van der Waals surface area (Å²) in [6, 6.07) is 0. The SMILES string of the molecule is CCCNCc1cnc(OCC2CC=CCC2C)cn1. The van der Waals surface area contributed by atoms with Crippen molar-refractivity contribution in [3.63, 3.8) is 0 Å². The Morgan fingerprint density at radius 3 is 2.80 bits per heavy atom. The van der Waals surface area contributed by atoms with Crippen LogP contribution < -0.4 is 10.1 Å². The third-order valence-electron chi connectivity index (χ3n) is 3.78. The molecule has 1 aromatic rings. The smallest absolute Gasteiger partial charge is 0.232 e. The Kier molecular flexibility index (Phi) is 5.99. The molecule has 4 nitrogen and oxygen atoms in total. The van der Waals surface area contributed by atoms with E-state index in [0.717, 1.165) is 44.7 Å². The highest BCUT2D eigenvalue weighted by Gasteiger charge is 2.19. The van der Waals surface area contributed by atoms with Crippen LogP contribution in [0.4, 0.5) is 0 Å². The summed E-state index contributed by atoms with van der Waals surface area (Å²) in [5, 5.41) is 3.31. The van der Waals surface area contributed by atoms with E-state index in [0.29, 0.717) is 17.7 Å². The molecule has 1 aliphatic rings. The number of rotatable bonds is 7. The molecule has 0 spiro atoms. The number of ether oxygens (including phenoxy) is 1. The van der Waals surface area contributed by atoms with Gasteiger partial charge in [0.15, 0.2) is 0 Å². The Balaban J connectivity index is 1.77. The van der Waals surface area contributed by atoms with Gasteiger partial charge in [-0.2, -0.15) is 0 Å². The first-order valence-corrected chi connectivity index (χ1v) is 7.59. The van der Waals surface area contributed by atoms with Gasteiger partial charge in [0.05, 0.1) is 24.7 Å².